The summed E-state index contributed by atoms with van der Waals surface area (Å²) in [6, 6.07) is 0. The molecule has 0 aromatic heterocycles. The quantitative estimate of drug-likeness (QED) is 0.351. The van der Waals surface area contributed by atoms with Crippen molar-refractivity contribution < 1.29 is 72.9 Å². The van der Waals surface area contributed by atoms with Crippen molar-refractivity contribution in [2.24, 2.45) is 0 Å². The standard InChI is InChI=1S/6CO.ClH.6FH.2W/c6*1-2;;;;;;;;;/h;;;;;;7*1H;;/q;;;;;;;;;;;;;+1;+6/p-7. The second-order valence-electron chi connectivity index (χ2n) is 3.37. The van der Waals surface area contributed by atoms with Gasteiger partial charge in [-0.3, -0.25) is 0 Å². The predicted molar refractivity (Wildman–Crippen MR) is 46.7 cm³/mol. The fraction of sp³-hybridized carbons (Fsp3) is 0. The Morgan fingerprint density at radius 3 is 0.667 bits per heavy atom. The number of hydrogen-bond acceptors (Lipinski definition) is 6. The Morgan fingerprint density at radius 2 is 0.667 bits per heavy atom. The van der Waals surface area contributed by atoms with Crippen LogP contribution in [-0.2, 0) is 54.0 Å². The van der Waals surface area contributed by atoms with Crippen LogP contribution >= 0.6 is 9.42 Å². The molecule has 0 radical (unpaired) electrons. The third kappa shape index (κ3) is 4.34. The number of hydrogen-bond donors (Lipinski definition) is 0. The summed E-state index contributed by atoms with van der Waals surface area (Å²) in [6.07, 6.45) is 0. The Labute approximate surface area is 108 Å². The van der Waals surface area contributed by atoms with Crippen LogP contribution in [0.25, 0.3) is 0 Å². The van der Waals surface area contributed by atoms with E-state index in [-0.39, 0.29) is 0 Å². The molecule has 0 spiro atoms. The van der Waals surface area contributed by atoms with Gasteiger partial charge in [0.15, 0.2) is 0 Å². The van der Waals surface area contributed by atoms with Gasteiger partial charge in [0.25, 0.3) is 0 Å². The van der Waals surface area contributed by atoms with E-state index in [0.29, 0.717) is 25.6 Å². The van der Waals surface area contributed by atoms with E-state index in [4.69, 9.17) is 9.42 Å². The summed E-state index contributed by atoms with van der Waals surface area (Å²) < 4.78 is 61.7. The molecule has 15 heteroatoms. The molecule has 0 aromatic carbocycles. The molecule has 0 unspecified atom stereocenters. The molecule has 0 saturated carbocycles. The summed E-state index contributed by atoms with van der Waals surface area (Å²) in [5, 5.41) is 0. The molecular formula is C6ClF6O6W2. The summed E-state index contributed by atoms with van der Waals surface area (Å²) in [5.41, 5.74) is 0. The minimum atomic E-state index is -11.3. The molecule has 0 aliphatic carbocycles. The zero-order valence-corrected chi connectivity index (χ0v) is 15.5. The fourth-order valence-corrected chi connectivity index (χ4v) is 2.09. The summed E-state index contributed by atoms with van der Waals surface area (Å²) >= 11 is -11.3. The summed E-state index contributed by atoms with van der Waals surface area (Å²) in [7, 11) is -3.56. The van der Waals surface area contributed by atoms with Crippen LogP contribution in [0.3, 0.4) is 0 Å². The van der Waals surface area contributed by atoms with Crippen molar-refractivity contribution in [3.63, 3.8) is 0 Å². The van der Waals surface area contributed by atoms with Gasteiger partial charge >= 0.3 is 108 Å². The summed E-state index contributed by atoms with van der Waals surface area (Å²) in [5.74, 6) is 0. The molecule has 21 heavy (non-hydrogen) atoms. The average Bonchev–Trinajstić information content (AvgIpc) is 2.37. The van der Waals surface area contributed by atoms with E-state index in [2.05, 4.69) is 0 Å². The summed E-state index contributed by atoms with van der Waals surface area (Å²) in [4.78, 5) is 62.8. The Morgan fingerprint density at radius 1 is 0.571 bits per heavy atom. The number of halogens is 7. The topological polar surface area (TPSA) is 102 Å². The second-order valence-corrected chi connectivity index (χ2v) is 35.2. The molecule has 6 nitrogen and oxygen atoms in total. The van der Waals surface area contributed by atoms with Crippen molar-refractivity contribution in [2.45, 2.75) is 0 Å². The van der Waals surface area contributed by atoms with Gasteiger partial charge in [-0.2, -0.15) is 0 Å². The maximum absolute atomic E-state index is 11.3. The van der Waals surface area contributed by atoms with Crippen molar-refractivity contribution in [2.75, 3.05) is 0 Å². The van der Waals surface area contributed by atoms with Crippen LogP contribution < -0.4 is 0 Å². The van der Waals surface area contributed by atoms with Crippen molar-refractivity contribution in [1.29, 1.82) is 0 Å². The van der Waals surface area contributed by atoms with Crippen LogP contribution in [0.15, 0.2) is 0 Å². The van der Waals surface area contributed by atoms with Crippen molar-refractivity contribution in [1.82, 2.24) is 0 Å². The van der Waals surface area contributed by atoms with Crippen molar-refractivity contribution in [3.05, 3.63) is 0 Å². The normalized spacial score (nSPS) is 16.6. The molecule has 0 rings (SSSR count). The predicted octanol–water partition coefficient (Wildman–Crippen LogP) is 0.823. The molecule has 0 bridgehead atoms. The van der Waals surface area contributed by atoms with Gasteiger partial charge in [-0.15, -0.1) is 0 Å². The van der Waals surface area contributed by atoms with Gasteiger partial charge in [-0.05, 0) is 0 Å². The zero-order valence-electron chi connectivity index (χ0n) is 8.91. The van der Waals surface area contributed by atoms with Gasteiger partial charge in [0.1, 0.15) is 0 Å². The Bertz CT molecular complexity index is 1150. The minimum absolute atomic E-state index is 0.355. The first-order chi connectivity index (χ1) is 8.67. The van der Waals surface area contributed by atoms with Crippen LogP contribution in [0.2, 0.25) is 0 Å². The molecule has 0 aliphatic rings. The van der Waals surface area contributed by atoms with E-state index in [1.54, 1.807) is 0 Å². The van der Waals surface area contributed by atoms with E-state index < -0.39 is 25.2 Å². The van der Waals surface area contributed by atoms with Gasteiger partial charge in [-0.1, -0.05) is 0 Å². The molecule has 0 saturated heterocycles. The second kappa shape index (κ2) is 3.55. The van der Waals surface area contributed by atoms with E-state index in [1.165, 1.54) is 0 Å². The Balaban J connectivity index is 0. The van der Waals surface area contributed by atoms with Crippen LogP contribution in [0, 0.1) is 0 Å². The van der Waals surface area contributed by atoms with Gasteiger partial charge in [0.2, 0.25) is 0 Å². The van der Waals surface area contributed by atoms with Crippen LogP contribution in [0.1, 0.15) is 0 Å². The van der Waals surface area contributed by atoms with Crippen LogP contribution in [0.5, 0.6) is 0 Å². The van der Waals surface area contributed by atoms with Crippen molar-refractivity contribution >= 4 is 35.0 Å². The molecule has 0 aliphatic heterocycles. The first-order valence-corrected chi connectivity index (χ1v) is 22.6. The third-order valence-electron chi connectivity index (χ3n) is 1.44. The molecule has 0 atom stereocenters. The van der Waals surface area contributed by atoms with E-state index in [9.17, 15) is 47.7 Å². The summed E-state index contributed by atoms with van der Waals surface area (Å²) in [6.45, 7) is 0. The Kier molecular flexibility index (Phi) is 3.72. The molecular weight excluding hydrogens is 685 g/mol. The third-order valence-corrected chi connectivity index (χ3v) is 14.9. The molecule has 0 heterocycles. The molecule has 0 fully saturated rings. The van der Waals surface area contributed by atoms with Gasteiger partial charge in [0, 0.05) is 0 Å². The van der Waals surface area contributed by atoms with E-state index in [1.807, 2.05) is 0 Å². The Hall–Kier alpha value is -1.27. The first kappa shape index (κ1) is 22.0. The van der Waals surface area contributed by atoms with Crippen LogP contribution in [0.4, 0.5) is 18.9 Å². The van der Waals surface area contributed by atoms with Crippen LogP contribution in [-0.4, -0.2) is 25.6 Å². The first-order valence-electron chi connectivity index (χ1n) is 3.53. The number of carbonyl (C=O) groups excluding carboxylic acids is 6. The van der Waals surface area contributed by atoms with Gasteiger partial charge < -0.3 is 0 Å². The van der Waals surface area contributed by atoms with E-state index >= 15 is 0 Å². The van der Waals surface area contributed by atoms with Gasteiger partial charge in [-0.25, -0.2) is 0 Å². The molecule has 0 N–H and O–H groups in total. The monoisotopic (exact) mass is 685 g/mol. The van der Waals surface area contributed by atoms with Crippen molar-refractivity contribution in [3.8, 4) is 0 Å². The van der Waals surface area contributed by atoms with E-state index in [0.717, 1.165) is 0 Å². The average molecular weight is 685 g/mol. The maximum atomic E-state index is 10.5. The zero-order chi connectivity index (χ0) is 18.0. The SMILES string of the molecule is O=[C]=[W]([Cl])(=[C]=O)(=[C]=O)(=[C]=O)(=[C]=O)=[C]=O.[F][W]([F])([F])([F])([F])[F]. The fourth-order valence-electron chi connectivity index (χ4n) is 0.255. The molecule has 121 valence electrons. The number of rotatable bonds is 0. The van der Waals surface area contributed by atoms with Gasteiger partial charge in [0.05, 0.1) is 0 Å². The molecule has 0 amide bonds. The molecule has 0 aromatic rings.